The Hall–Kier alpha value is -2.23. The molecular formula is C62H102O37S. The Kier molecular flexibility index (Phi) is 30.7. The quantitative estimate of drug-likeness (QED) is 0.0505. The molecule has 35 atom stereocenters. The van der Waals surface area contributed by atoms with Gasteiger partial charge in [0, 0.05) is 92.4 Å². The summed E-state index contributed by atoms with van der Waals surface area (Å²) in [6.45, 7) is -0.827. The van der Waals surface area contributed by atoms with E-state index >= 15 is 0 Å². The van der Waals surface area contributed by atoms with Crippen LogP contribution in [-0.4, -0.2) is 398 Å². The average molecular weight is 1470 g/mol. The van der Waals surface area contributed by atoms with Crippen LogP contribution in [0.15, 0.2) is 29.2 Å². The van der Waals surface area contributed by atoms with E-state index in [0.717, 1.165) is 5.56 Å². The number of ether oxygens (including phenoxy) is 27. The van der Waals surface area contributed by atoms with Crippen molar-refractivity contribution >= 4 is 10.1 Å². The molecule has 21 aliphatic heterocycles. The highest BCUT2D eigenvalue weighted by molar-refractivity contribution is 7.86. The molecule has 1 unspecified atom stereocenters. The molecule has 21 fully saturated rings. The Labute approximate surface area is 579 Å². The van der Waals surface area contributed by atoms with E-state index in [1.165, 1.54) is 105 Å². The number of benzene rings is 1. The fourth-order valence-corrected chi connectivity index (χ4v) is 14.8. The molecule has 0 aliphatic carbocycles. The van der Waals surface area contributed by atoms with Crippen LogP contribution in [-0.2, 0) is 142 Å². The van der Waals surface area contributed by atoms with Crippen molar-refractivity contribution in [1.82, 2.24) is 0 Å². The van der Waals surface area contributed by atoms with Crippen LogP contribution in [0.3, 0.4) is 0 Å². The Morgan fingerprint density at radius 3 is 0.610 bits per heavy atom. The molecule has 0 saturated carbocycles. The first-order valence-corrected chi connectivity index (χ1v) is 34.0. The first-order chi connectivity index (χ1) is 48.1. The van der Waals surface area contributed by atoms with Gasteiger partial charge >= 0.3 is 0 Å². The maximum Gasteiger partial charge on any atom is 0.297 e. The molecule has 21 heterocycles. The van der Waals surface area contributed by atoms with E-state index in [1.807, 2.05) is 0 Å². The lowest BCUT2D eigenvalue weighted by molar-refractivity contribution is -0.400. The van der Waals surface area contributed by atoms with Crippen LogP contribution in [0.4, 0.5) is 0 Å². The smallest absolute Gasteiger partial charge is 0.297 e. The van der Waals surface area contributed by atoms with Crippen molar-refractivity contribution in [2.75, 3.05) is 139 Å². The van der Waals surface area contributed by atoms with Crippen molar-refractivity contribution in [1.29, 1.82) is 0 Å². The number of aliphatic hydroxyl groups is 7. The van der Waals surface area contributed by atoms with E-state index in [-0.39, 0.29) is 44.5 Å². The fraction of sp³-hybridized carbons (Fsp3) is 0.903. The molecule has 21 aliphatic rings. The lowest BCUT2D eigenvalue weighted by Gasteiger charge is -2.51. The van der Waals surface area contributed by atoms with Gasteiger partial charge in [0.05, 0.1) is 51.1 Å². The number of rotatable bonds is 23. The number of aliphatic hydroxyl groups excluding tert-OH is 7. The molecule has 38 heteroatoms. The predicted octanol–water partition coefficient (Wildman–Crippen LogP) is -5.01. The zero-order valence-corrected chi connectivity index (χ0v) is 59.1. The van der Waals surface area contributed by atoms with Gasteiger partial charge in [-0.15, -0.1) is 0 Å². The van der Waals surface area contributed by atoms with Crippen LogP contribution in [0.1, 0.15) is 5.56 Å². The molecule has 1 aromatic carbocycles. The van der Waals surface area contributed by atoms with Crippen molar-refractivity contribution < 1.29 is 176 Å². The average Bonchev–Trinajstić information content (AvgIpc) is 0.772. The first kappa shape index (κ1) is 81.8. The summed E-state index contributed by atoms with van der Waals surface area (Å²) in [5.74, 6) is 0. The Morgan fingerprint density at radius 1 is 0.280 bits per heavy atom. The van der Waals surface area contributed by atoms with E-state index in [0.29, 0.717) is 0 Å². The Balaban J connectivity index is 1.11. The normalized spacial score (nSPS) is 45.5. The van der Waals surface area contributed by atoms with Crippen molar-refractivity contribution in [3.05, 3.63) is 29.8 Å². The number of methoxy groups -OCH3 is 13. The Bertz CT molecular complexity index is 2660. The van der Waals surface area contributed by atoms with Gasteiger partial charge in [0.15, 0.2) is 44.0 Å². The van der Waals surface area contributed by atoms with Gasteiger partial charge in [-0.25, -0.2) is 0 Å². The minimum absolute atomic E-state index is 0.228. The molecule has 578 valence electrons. The van der Waals surface area contributed by atoms with Gasteiger partial charge in [-0.3, -0.25) is 4.18 Å². The van der Waals surface area contributed by atoms with Gasteiger partial charge in [-0.1, -0.05) is 17.7 Å². The van der Waals surface area contributed by atoms with Crippen LogP contribution in [0, 0.1) is 6.92 Å². The van der Waals surface area contributed by atoms with Crippen molar-refractivity contribution in [2.45, 2.75) is 227 Å². The second kappa shape index (κ2) is 37.5. The number of hydrogen-bond donors (Lipinski definition) is 7. The minimum atomic E-state index is -4.59. The Morgan fingerprint density at radius 2 is 0.450 bits per heavy atom. The van der Waals surface area contributed by atoms with Crippen molar-refractivity contribution in [3.63, 3.8) is 0 Å². The van der Waals surface area contributed by atoms with E-state index in [4.69, 9.17) is 132 Å². The van der Waals surface area contributed by atoms with E-state index in [2.05, 4.69) is 0 Å². The maximum absolute atomic E-state index is 14.0. The molecule has 0 aromatic heterocycles. The molecular weight excluding hydrogens is 1370 g/mol. The monoisotopic (exact) mass is 1470 g/mol. The zero-order valence-electron chi connectivity index (χ0n) is 58.3. The molecule has 100 heavy (non-hydrogen) atoms. The summed E-state index contributed by atoms with van der Waals surface area (Å²) in [4.78, 5) is -0.228. The first-order valence-electron chi connectivity index (χ1n) is 32.6. The van der Waals surface area contributed by atoms with Gasteiger partial charge in [-0.2, -0.15) is 8.42 Å². The molecule has 0 amide bonds. The van der Waals surface area contributed by atoms with Crippen molar-refractivity contribution in [2.24, 2.45) is 0 Å². The predicted molar refractivity (Wildman–Crippen MR) is 328 cm³/mol. The highest BCUT2D eigenvalue weighted by Crippen LogP contribution is 2.42. The van der Waals surface area contributed by atoms with Crippen LogP contribution < -0.4 is 0 Å². The largest absolute Gasteiger partial charge is 0.387 e. The third-order valence-corrected chi connectivity index (χ3v) is 20.2. The van der Waals surface area contributed by atoms with Crippen LogP contribution in [0.2, 0.25) is 0 Å². The highest BCUT2D eigenvalue weighted by Gasteiger charge is 2.61. The summed E-state index contributed by atoms with van der Waals surface area (Å²) in [5.41, 5.74) is 0.752. The second-order valence-electron chi connectivity index (χ2n) is 25.1. The second-order valence-corrected chi connectivity index (χ2v) is 26.7. The molecule has 21 saturated heterocycles. The van der Waals surface area contributed by atoms with Gasteiger partial charge in [0.1, 0.15) is 171 Å². The third kappa shape index (κ3) is 17.8. The molecule has 0 spiro atoms. The summed E-state index contributed by atoms with van der Waals surface area (Å²) >= 11 is 0. The van der Waals surface area contributed by atoms with Gasteiger partial charge in [0.25, 0.3) is 10.1 Å². The van der Waals surface area contributed by atoms with E-state index < -0.39 is 232 Å². The molecule has 22 rings (SSSR count). The summed E-state index contributed by atoms with van der Waals surface area (Å²) in [7, 11) is 12.3. The molecule has 7 N–H and O–H groups in total. The number of aryl methyl sites for hydroxylation is 1. The number of hydrogen-bond acceptors (Lipinski definition) is 37. The summed E-state index contributed by atoms with van der Waals surface area (Å²) < 4.78 is 200. The lowest BCUT2D eigenvalue weighted by atomic mass is 9.95. The molecule has 1 aromatic rings. The third-order valence-electron chi connectivity index (χ3n) is 18.9. The van der Waals surface area contributed by atoms with Gasteiger partial charge in [-0.05, 0) is 19.1 Å². The minimum Gasteiger partial charge on any atom is -0.387 e. The van der Waals surface area contributed by atoms with Crippen molar-refractivity contribution in [3.8, 4) is 0 Å². The standard InChI is InChI=1S/C62H102O37S/c1-26-15-17-27(18-16-26)100(70,71)85-25-34-48-41(69)55(84-14)62(92-34)98-47-33(24-77-7)90-60(53(82-12)40(47)68)96-45-31(22-75-5)88-58(51(80-10)38(45)66)94-43-29(20-73-3)86-56(49(78-8)36(43)64)93-42-28(19-72-2)87-57(50(79-9)35(42)63)95-44-30(21-74-4)89-59(52(81-11)37(44)65)97-46-32(23-76-6)91-61(99-48)54(83-13)39(46)67/h15-18,28-69H,19-25H2,1-14H3/t28-,29-,30-,31-,32-,33-,34-,35+,36+,37+,38+,39+,40+,41+,42-,43-,44-,45-,46-,47-,48-,49-,50-,51-,52-,53-,54-,55-,56-,57?,58-,59-,60-,61-,62-/m1/s1. The summed E-state index contributed by atoms with van der Waals surface area (Å²) in [5, 5.41) is 87.2. The summed E-state index contributed by atoms with van der Waals surface area (Å²) in [6.07, 6.45) is -53.2. The van der Waals surface area contributed by atoms with E-state index in [1.54, 1.807) is 19.1 Å². The van der Waals surface area contributed by atoms with Crippen LogP contribution in [0.25, 0.3) is 0 Å². The zero-order chi connectivity index (χ0) is 72.4. The van der Waals surface area contributed by atoms with Gasteiger partial charge in [0.2, 0.25) is 0 Å². The SMILES string of the molecule is COC[C@H]1O[C@@H]2O[C@H]3[C@H](O)[C@@H](OC)[C@@H](O[C@H]4[C@H](O)[C@@H](OC)[C@@H](O[C@H]5[C@H](O)[C@@H](OC)[C@@H](O[C@H]6[C@H](O)[C@@H](OC)[C@@H](O[C@H]7[C@H](O)[C@@H](OC)[C@@H](O[C@H]8[C@H](O)[C@@H](OC)C(O[C@H]1[C@H](O)[C@H]2OC)O[C@@H]8COC)O[C@@H]7COC)O[C@@H]6COC)O[C@@H]5COC)O[C@@H]4COS(=O)(=O)c1ccc(C)cc1)O[C@@H]3COC. The van der Waals surface area contributed by atoms with E-state index in [9.17, 15) is 44.2 Å². The molecule has 37 nitrogen and oxygen atoms in total. The molecule has 14 bridgehead atoms. The fourth-order valence-electron chi connectivity index (χ4n) is 13.9. The van der Waals surface area contributed by atoms with Gasteiger partial charge < -0.3 is 164 Å². The topological polar surface area (TPSA) is 434 Å². The summed E-state index contributed by atoms with van der Waals surface area (Å²) in [6, 6.07) is 5.80. The lowest BCUT2D eigenvalue weighted by Crippen LogP contribution is -2.69. The highest BCUT2D eigenvalue weighted by atomic mass is 32.2. The maximum atomic E-state index is 14.0. The van der Waals surface area contributed by atoms with Crippen LogP contribution in [0.5, 0.6) is 0 Å². The molecule has 0 radical (unpaired) electrons. The van der Waals surface area contributed by atoms with Crippen LogP contribution >= 0.6 is 0 Å².